The molecule has 0 saturated heterocycles. The fourth-order valence-electron chi connectivity index (χ4n) is 4.83. The monoisotopic (exact) mass is 436 g/mol. The van der Waals surface area contributed by atoms with Crippen molar-refractivity contribution >= 4 is 28.7 Å². The van der Waals surface area contributed by atoms with Crippen LogP contribution in [0.5, 0.6) is 0 Å². The number of aryl methyl sites for hydroxylation is 4. The summed E-state index contributed by atoms with van der Waals surface area (Å²) in [4.78, 5) is 13.3. The topological polar surface area (TPSA) is 84.3 Å². The number of aromatic nitrogens is 2. The first-order chi connectivity index (χ1) is 15.8. The molecule has 1 unspecified atom stereocenters. The van der Waals surface area contributed by atoms with Gasteiger partial charge in [-0.15, -0.1) is 0 Å². The standard InChI is InChI=1S/C27H28N6/c1-16-12-17(2)14-21(13-16)32-25-26(31-11-10-30-25)33(27(32)29)23-15-20(8-9-22(23)28)24-18(3)6-5-7-19(24)4/h5-15,27H,28-29H2,1-4H3. The first-order valence-electron chi connectivity index (χ1n) is 11.0. The molecule has 1 aliphatic rings. The van der Waals surface area contributed by atoms with E-state index < -0.39 is 6.29 Å². The van der Waals surface area contributed by atoms with Crippen LogP contribution in [0.4, 0.5) is 28.7 Å². The van der Waals surface area contributed by atoms with Gasteiger partial charge in [0.1, 0.15) is 0 Å². The molecule has 1 aromatic heterocycles. The van der Waals surface area contributed by atoms with E-state index in [0.717, 1.165) is 28.1 Å². The number of rotatable bonds is 3. The molecule has 3 aromatic carbocycles. The van der Waals surface area contributed by atoms with Gasteiger partial charge in [-0.1, -0.05) is 30.3 Å². The van der Waals surface area contributed by atoms with Crippen LogP contribution < -0.4 is 21.3 Å². The number of hydrogen-bond donors (Lipinski definition) is 2. The summed E-state index contributed by atoms with van der Waals surface area (Å²) < 4.78 is 0. The molecule has 0 bridgehead atoms. The Kier molecular flexibility index (Phi) is 5.02. The van der Waals surface area contributed by atoms with E-state index in [-0.39, 0.29) is 0 Å². The predicted octanol–water partition coefficient (Wildman–Crippen LogP) is 5.49. The summed E-state index contributed by atoms with van der Waals surface area (Å²) in [5, 5.41) is 0. The third-order valence-corrected chi connectivity index (χ3v) is 6.19. The molecule has 6 heteroatoms. The van der Waals surface area contributed by atoms with Gasteiger partial charge in [-0.05, 0) is 85.3 Å². The van der Waals surface area contributed by atoms with Crippen molar-refractivity contribution in [3.05, 3.63) is 89.2 Å². The molecule has 0 spiro atoms. The van der Waals surface area contributed by atoms with Crippen molar-refractivity contribution in [2.24, 2.45) is 5.73 Å². The first-order valence-corrected chi connectivity index (χ1v) is 11.0. The average Bonchev–Trinajstić information content (AvgIpc) is 3.05. The van der Waals surface area contributed by atoms with E-state index in [2.05, 4.69) is 86.2 Å². The van der Waals surface area contributed by atoms with Crippen LogP contribution in [-0.4, -0.2) is 16.3 Å². The maximum absolute atomic E-state index is 6.87. The van der Waals surface area contributed by atoms with E-state index in [1.807, 2.05) is 15.9 Å². The van der Waals surface area contributed by atoms with Crippen molar-refractivity contribution in [1.29, 1.82) is 0 Å². The molecule has 0 aliphatic carbocycles. The van der Waals surface area contributed by atoms with Gasteiger partial charge in [0.05, 0.1) is 11.4 Å². The molecule has 2 heterocycles. The molecule has 1 atom stereocenters. The van der Waals surface area contributed by atoms with Gasteiger partial charge in [0, 0.05) is 18.1 Å². The van der Waals surface area contributed by atoms with Gasteiger partial charge in [-0.25, -0.2) is 9.97 Å². The Labute approximate surface area is 194 Å². The minimum Gasteiger partial charge on any atom is -0.397 e. The number of fused-ring (bicyclic) bond motifs is 1. The van der Waals surface area contributed by atoms with Crippen molar-refractivity contribution in [3.8, 4) is 11.1 Å². The number of anilines is 5. The Balaban J connectivity index is 1.67. The summed E-state index contributed by atoms with van der Waals surface area (Å²) in [6.07, 6.45) is 2.84. The van der Waals surface area contributed by atoms with Crippen LogP contribution in [0, 0.1) is 27.7 Å². The number of benzene rings is 3. The highest BCUT2D eigenvalue weighted by Gasteiger charge is 2.39. The zero-order valence-electron chi connectivity index (χ0n) is 19.4. The lowest BCUT2D eigenvalue weighted by Gasteiger charge is -2.30. The molecule has 166 valence electrons. The van der Waals surface area contributed by atoms with Crippen LogP contribution in [-0.2, 0) is 0 Å². The number of hydrogen-bond acceptors (Lipinski definition) is 6. The van der Waals surface area contributed by atoms with E-state index in [9.17, 15) is 0 Å². The van der Waals surface area contributed by atoms with E-state index in [4.69, 9.17) is 11.5 Å². The molecule has 0 fully saturated rings. The Morgan fingerprint density at radius 1 is 0.758 bits per heavy atom. The minimum atomic E-state index is -0.542. The molecule has 0 amide bonds. The third-order valence-electron chi connectivity index (χ3n) is 6.19. The van der Waals surface area contributed by atoms with Crippen LogP contribution in [0.1, 0.15) is 22.3 Å². The second kappa shape index (κ2) is 7.90. The fourth-order valence-corrected chi connectivity index (χ4v) is 4.83. The lowest BCUT2D eigenvalue weighted by Crippen LogP contribution is -2.46. The highest BCUT2D eigenvalue weighted by atomic mass is 15.5. The number of nitrogens with two attached hydrogens (primary N) is 2. The van der Waals surface area contributed by atoms with Gasteiger partial charge >= 0.3 is 0 Å². The summed E-state index contributed by atoms with van der Waals surface area (Å²) in [7, 11) is 0. The van der Waals surface area contributed by atoms with Crippen molar-refractivity contribution in [2.45, 2.75) is 34.0 Å². The van der Waals surface area contributed by atoms with Crippen LogP contribution in [0.2, 0.25) is 0 Å². The van der Waals surface area contributed by atoms with Gasteiger partial charge < -0.3 is 5.73 Å². The van der Waals surface area contributed by atoms with Crippen molar-refractivity contribution < 1.29 is 0 Å². The van der Waals surface area contributed by atoms with Crippen LogP contribution in [0.15, 0.2) is 67.0 Å². The average molecular weight is 437 g/mol. The van der Waals surface area contributed by atoms with E-state index >= 15 is 0 Å². The third kappa shape index (κ3) is 3.49. The summed E-state index contributed by atoms with van der Waals surface area (Å²) in [6, 6.07) is 18.8. The van der Waals surface area contributed by atoms with Crippen LogP contribution in [0.3, 0.4) is 0 Å². The molecular formula is C27H28N6. The lowest BCUT2D eigenvalue weighted by atomic mass is 9.95. The molecule has 33 heavy (non-hydrogen) atoms. The Hall–Kier alpha value is -3.90. The normalized spacial score (nSPS) is 15.1. The fraction of sp³-hybridized carbons (Fsp3) is 0.185. The van der Waals surface area contributed by atoms with Crippen molar-refractivity contribution in [2.75, 3.05) is 15.5 Å². The van der Waals surface area contributed by atoms with Gasteiger partial charge in [-0.3, -0.25) is 15.5 Å². The highest BCUT2D eigenvalue weighted by molar-refractivity contribution is 5.89. The Bertz CT molecular complexity index is 1320. The highest BCUT2D eigenvalue weighted by Crippen LogP contribution is 2.46. The van der Waals surface area contributed by atoms with Crippen molar-refractivity contribution in [1.82, 2.24) is 9.97 Å². The molecule has 6 nitrogen and oxygen atoms in total. The molecule has 5 rings (SSSR count). The Morgan fingerprint density at radius 3 is 2.00 bits per heavy atom. The van der Waals surface area contributed by atoms with Gasteiger partial charge in [0.2, 0.25) is 0 Å². The quantitative estimate of drug-likeness (QED) is 0.413. The van der Waals surface area contributed by atoms with Gasteiger partial charge in [0.15, 0.2) is 17.9 Å². The maximum Gasteiger partial charge on any atom is 0.179 e. The zero-order valence-corrected chi connectivity index (χ0v) is 19.4. The molecule has 0 saturated carbocycles. The van der Waals surface area contributed by atoms with E-state index in [1.54, 1.807) is 12.4 Å². The second-order valence-electron chi connectivity index (χ2n) is 8.74. The second-order valence-corrected chi connectivity index (χ2v) is 8.74. The van der Waals surface area contributed by atoms with Crippen LogP contribution in [0.25, 0.3) is 11.1 Å². The van der Waals surface area contributed by atoms with Crippen LogP contribution >= 0.6 is 0 Å². The number of nitrogens with zero attached hydrogens (tertiary/aromatic N) is 4. The maximum atomic E-state index is 6.87. The van der Waals surface area contributed by atoms with Crippen molar-refractivity contribution in [3.63, 3.8) is 0 Å². The molecule has 1 aliphatic heterocycles. The molecule has 0 radical (unpaired) electrons. The van der Waals surface area contributed by atoms with E-state index in [0.29, 0.717) is 17.3 Å². The van der Waals surface area contributed by atoms with Gasteiger partial charge in [0.25, 0.3) is 0 Å². The van der Waals surface area contributed by atoms with Gasteiger partial charge in [-0.2, -0.15) is 0 Å². The smallest absolute Gasteiger partial charge is 0.179 e. The first kappa shape index (κ1) is 21.0. The molecule has 4 aromatic rings. The SMILES string of the molecule is Cc1cc(C)cc(N2c3nccnc3N(c3cc(-c4c(C)cccc4C)ccc3N)C2N)c1. The Morgan fingerprint density at radius 2 is 1.36 bits per heavy atom. The lowest BCUT2D eigenvalue weighted by molar-refractivity contribution is 0.720. The summed E-state index contributed by atoms with van der Waals surface area (Å²) in [5.41, 5.74) is 22.9. The van der Waals surface area contributed by atoms with E-state index in [1.165, 1.54) is 16.7 Å². The molecule has 4 N–H and O–H groups in total. The zero-order chi connectivity index (χ0) is 23.3. The largest absolute Gasteiger partial charge is 0.397 e. The summed E-state index contributed by atoms with van der Waals surface area (Å²) >= 11 is 0. The molecular weight excluding hydrogens is 408 g/mol. The number of nitrogen functional groups attached to an aromatic ring is 1. The minimum absolute atomic E-state index is 0.542. The summed E-state index contributed by atoms with van der Waals surface area (Å²) in [6.45, 7) is 8.42. The summed E-state index contributed by atoms with van der Waals surface area (Å²) in [5.74, 6) is 1.40. The predicted molar refractivity (Wildman–Crippen MR) is 136 cm³/mol.